The lowest BCUT2D eigenvalue weighted by atomic mass is 9.94. The molecule has 1 aliphatic carbocycles. The molecule has 3 heteroatoms. The van der Waals surface area contributed by atoms with Gasteiger partial charge in [-0.2, -0.15) is 0 Å². The van der Waals surface area contributed by atoms with Gasteiger partial charge in [-0.1, -0.05) is 30.3 Å². The fraction of sp³-hybridized carbons (Fsp3) is 0.538. The first-order valence-electron chi connectivity index (χ1n) is 5.69. The largest absolute Gasteiger partial charge is 0.374 e. The third kappa shape index (κ3) is 3.27. The van der Waals surface area contributed by atoms with Crippen LogP contribution in [-0.4, -0.2) is 12.0 Å². The minimum Gasteiger partial charge on any atom is -0.374 e. The molecule has 0 atom stereocenters. The van der Waals surface area contributed by atoms with Crippen molar-refractivity contribution in [3.8, 4) is 0 Å². The summed E-state index contributed by atoms with van der Waals surface area (Å²) in [7, 11) is 0. The van der Waals surface area contributed by atoms with E-state index in [4.69, 9.17) is 4.74 Å². The number of halogens is 2. The van der Waals surface area contributed by atoms with E-state index in [1.54, 1.807) is 0 Å². The highest BCUT2D eigenvalue weighted by Gasteiger charge is 2.35. The first-order chi connectivity index (χ1) is 7.66. The van der Waals surface area contributed by atoms with E-state index in [1.807, 2.05) is 30.3 Å². The third-order valence-electron chi connectivity index (χ3n) is 2.99. The average molecular weight is 226 g/mol. The maximum atomic E-state index is 12.9. The van der Waals surface area contributed by atoms with Gasteiger partial charge < -0.3 is 4.74 Å². The zero-order valence-electron chi connectivity index (χ0n) is 9.16. The van der Waals surface area contributed by atoms with Crippen LogP contribution >= 0.6 is 0 Å². The number of benzene rings is 1. The third-order valence-corrected chi connectivity index (χ3v) is 2.99. The van der Waals surface area contributed by atoms with E-state index < -0.39 is 5.92 Å². The Labute approximate surface area is 94.4 Å². The number of ether oxygens (including phenoxy) is 1. The van der Waals surface area contributed by atoms with Gasteiger partial charge in [-0.05, 0) is 18.4 Å². The van der Waals surface area contributed by atoms with Crippen molar-refractivity contribution in [3.05, 3.63) is 35.9 Å². The van der Waals surface area contributed by atoms with Gasteiger partial charge in [0.05, 0.1) is 12.7 Å². The highest BCUT2D eigenvalue weighted by atomic mass is 19.3. The molecule has 0 aromatic heterocycles. The smallest absolute Gasteiger partial charge is 0.248 e. The summed E-state index contributed by atoms with van der Waals surface area (Å²) in [5.74, 6) is -2.47. The van der Waals surface area contributed by atoms with Crippen molar-refractivity contribution >= 4 is 0 Å². The van der Waals surface area contributed by atoms with Crippen LogP contribution < -0.4 is 0 Å². The van der Waals surface area contributed by atoms with Gasteiger partial charge in [-0.15, -0.1) is 0 Å². The molecule has 0 unspecified atom stereocenters. The maximum absolute atomic E-state index is 12.9. The zero-order chi connectivity index (χ0) is 11.4. The molecule has 88 valence electrons. The van der Waals surface area contributed by atoms with Crippen LogP contribution in [0.5, 0.6) is 0 Å². The molecular weight excluding hydrogens is 210 g/mol. The first kappa shape index (κ1) is 11.5. The molecule has 0 spiro atoms. The minimum atomic E-state index is -2.47. The second-order valence-electron chi connectivity index (χ2n) is 4.35. The van der Waals surface area contributed by atoms with Crippen molar-refractivity contribution in [2.45, 2.75) is 44.3 Å². The van der Waals surface area contributed by atoms with Crippen LogP contribution in [0, 0.1) is 0 Å². The monoisotopic (exact) mass is 226 g/mol. The van der Waals surface area contributed by atoms with Gasteiger partial charge in [0.15, 0.2) is 0 Å². The highest BCUT2D eigenvalue weighted by Crippen LogP contribution is 2.34. The Bertz CT molecular complexity index is 314. The summed E-state index contributed by atoms with van der Waals surface area (Å²) >= 11 is 0. The van der Waals surface area contributed by atoms with Crippen molar-refractivity contribution in [1.29, 1.82) is 0 Å². The molecule has 1 aromatic carbocycles. The molecule has 0 radical (unpaired) electrons. The predicted octanol–water partition coefficient (Wildman–Crippen LogP) is 3.78. The fourth-order valence-corrected chi connectivity index (χ4v) is 1.97. The molecule has 0 saturated heterocycles. The number of alkyl halides is 2. The molecule has 0 heterocycles. The van der Waals surface area contributed by atoms with Gasteiger partial charge in [-0.3, -0.25) is 0 Å². The van der Waals surface area contributed by atoms with E-state index in [0.717, 1.165) is 5.56 Å². The van der Waals surface area contributed by atoms with Crippen molar-refractivity contribution in [2.75, 3.05) is 0 Å². The lowest BCUT2D eigenvalue weighted by Crippen LogP contribution is -2.28. The van der Waals surface area contributed by atoms with Crippen molar-refractivity contribution < 1.29 is 13.5 Å². The van der Waals surface area contributed by atoms with Crippen LogP contribution in [0.2, 0.25) is 0 Å². The number of rotatable bonds is 3. The van der Waals surface area contributed by atoms with Gasteiger partial charge in [-0.25, -0.2) is 8.78 Å². The van der Waals surface area contributed by atoms with Crippen LogP contribution in [0.3, 0.4) is 0 Å². The Balaban J connectivity index is 1.76. The van der Waals surface area contributed by atoms with Crippen LogP contribution in [0.25, 0.3) is 0 Å². The molecule has 0 amide bonds. The van der Waals surface area contributed by atoms with Crippen LogP contribution in [0.1, 0.15) is 31.2 Å². The molecule has 1 aliphatic rings. The Morgan fingerprint density at radius 2 is 1.75 bits per heavy atom. The Kier molecular flexibility index (Phi) is 3.54. The molecular formula is C13H16F2O. The molecule has 0 aliphatic heterocycles. The number of hydrogen-bond donors (Lipinski definition) is 0. The van der Waals surface area contributed by atoms with Crippen molar-refractivity contribution in [1.82, 2.24) is 0 Å². The van der Waals surface area contributed by atoms with E-state index >= 15 is 0 Å². The van der Waals surface area contributed by atoms with Crippen molar-refractivity contribution in [3.63, 3.8) is 0 Å². The maximum Gasteiger partial charge on any atom is 0.248 e. The van der Waals surface area contributed by atoms with Crippen LogP contribution in [0.4, 0.5) is 8.78 Å². The van der Waals surface area contributed by atoms with Crippen molar-refractivity contribution in [2.24, 2.45) is 0 Å². The van der Waals surface area contributed by atoms with Crippen LogP contribution in [-0.2, 0) is 11.3 Å². The summed E-state index contributed by atoms with van der Waals surface area (Å²) in [4.78, 5) is 0. The fourth-order valence-electron chi connectivity index (χ4n) is 1.97. The van der Waals surface area contributed by atoms with Gasteiger partial charge in [0, 0.05) is 12.8 Å². The lowest BCUT2D eigenvalue weighted by Gasteiger charge is -2.28. The quantitative estimate of drug-likeness (QED) is 0.762. The molecule has 16 heavy (non-hydrogen) atoms. The zero-order valence-corrected chi connectivity index (χ0v) is 9.16. The van der Waals surface area contributed by atoms with E-state index in [2.05, 4.69) is 0 Å². The topological polar surface area (TPSA) is 9.23 Å². The minimum absolute atomic E-state index is 0.000156. The summed E-state index contributed by atoms with van der Waals surface area (Å²) in [6, 6.07) is 9.82. The second-order valence-corrected chi connectivity index (χ2v) is 4.35. The summed E-state index contributed by atoms with van der Waals surface area (Å²) in [5.41, 5.74) is 1.10. The van der Waals surface area contributed by atoms with Gasteiger partial charge >= 0.3 is 0 Å². The summed E-state index contributed by atoms with van der Waals surface area (Å²) < 4.78 is 31.4. The molecule has 1 saturated carbocycles. The molecule has 1 fully saturated rings. The van der Waals surface area contributed by atoms with E-state index in [1.165, 1.54) is 0 Å². The second kappa shape index (κ2) is 4.91. The predicted molar refractivity (Wildman–Crippen MR) is 58.4 cm³/mol. The first-order valence-corrected chi connectivity index (χ1v) is 5.69. The SMILES string of the molecule is FC1(F)CCC(OCc2ccccc2)CC1. The van der Waals surface area contributed by atoms with Crippen LogP contribution in [0.15, 0.2) is 30.3 Å². The van der Waals surface area contributed by atoms with E-state index in [9.17, 15) is 8.78 Å². The summed E-state index contributed by atoms with van der Waals surface area (Å²) in [6.45, 7) is 0.525. The van der Waals surface area contributed by atoms with Gasteiger partial charge in [0.1, 0.15) is 0 Å². The molecule has 2 rings (SSSR count). The summed E-state index contributed by atoms with van der Waals surface area (Å²) in [5, 5.41) is 0. The van der Waals surface area contributed by atoms with E-state index in [0.29, 0.717) is 19.4 Å². The lowest BCUT2D eigenvalue weighted by molar-refractivity contribution is -0.0838. The average Bonchev–Trinajstić information content (AvgIpc) is 2.29. The van der Waals surface area contributed by atoms with E-state index in [-0.39, 0.29) is 18.9 Å². The standard InChI is InChI=1S/C13H16F2O/c14-13(15)8-6-12(7-9-13)16-10-11-4-2-1-3-5-11/h1-5,12H,6-10H2. The van der Waals surface area contributed by atoms with Gasteiger partial charge in [0.2, 0.25) is 5.92 Å². The Hall–Kier alpha value is -0.960. The summed E-state index contributed by atoms with van der Waals surface area (Å²) in [6.07, 6.45) is 0.873. The highest BCUT2D eigenvalue weighted by molar-refractivity contribution is 5.13. The normalized spacial score (nSPS) is 20.9. The van der Waals surface area contributed by atoms with Gasteiger partial charge in [0.25, 0.3) is 0 Å². The molecule has 1 aromatic rings. The molecule has 0 N–H and O–H groups in total. The molecule has 0 bridgehead atoms. The Morgan fingerprint density at radius 3 is 2.38 bits per heavy atom. The molecule has 1 nitrogen and oxygen atoms in total. The number of hydrogen-bond acceptors (Lipinski definition) is 1. The Morgan fingerprint density at radius 1 is 1.12 bits per heavy atom.